The molecule has 1 unspecified atom stereocenters. The van der Waals surface area contributed by atoms with Gasteiger partial charge >= 0.3 is 0 Å². The number of anilines is 1. The highest BCUT2D eigenvalue weighted by atomic mass is 35.5. The Balaban J connectivity index is 1.96. The third-order valence-corrected chi connectivity index (χ3v) is 4.23. The Labute approximate surface area is 143 Å². The number of nitrogens with one attached hydrogen (secondary N) is 1. The van der Waals surface area contributed by atoms with Crippen molar-refractivity contribution in [3.05, 3.63) is 28.8 Å². The van der Waals surface area contributed by atoms with Crippen molar-refractivity contribution in [2.24, 2.45) is 0 Å². The first kappa shape index (κ1) is 17.5. The Hall–Kier alpha value is -1.86. The maximum atomic E-state index is 11.5. The summed E-state index contributed by atoms with van der Waals surface area (Å²) < 4.78 is 10.5. The molecule has 0 fully saturated rings. The van der Waals surface area contributed by atoms with Crippen LogP contribution in [0.5, 0.6) is 11.5 Å². The van der Waals surface area contributed by atoms with E-state index in [0.29, 0.717) is 16.6 Å². The third-order valence-electron chi connectivity index (χ3n) is 3.13. The summed E-state index contributed by atoms with van der Waals surface area (Å²) in [6.45, 7) is 1.61. The van der Waals surface area contributed by atoms with E-state index < -0.39 is 5.38 Å². The van der Waals surface area contributed by atoms with Crippen LogP contribution < -0.4 is 14.8 Å². The van der Waals surface area contributed by atoms with E-state index in [1.54, 1.807) is 21.1 Å². The zero-order chi connectivity index (χ0) is 16.8. The number of halogens is 1. The van der Waals surface area contributed by atoms with E-state index in [9.17, 15) is 4.79 Å². The molecule has 1 amide bonds. The molecule has 1 aromatic heterocycles. The summed E-state index contributed by atoms with van der Waals surface area (Å²) in [5, 5.41) is 11.4. The van der Waals surface area contributed by atoms with Gasteiger partial charge in [-0.2, -0.15) is 0 Å². The van der Waals surface area contributed by atoms with E-state index in [1.165, 1.54) is 11.3 Å². The first-order valence-electron chi connectivity index (χ1n) is 7.01. The van der Waals surface area contributed by atoms with Gasteiger partial charge in [0, 0.05) is 6.42 Å². The fourth-order valence-corrected chi connectivity index (χ4v) is 2.69. The van der Waals surface area contributed by atoms with Crippen molar-refractivity contribution in [3.63, 3.8) is 0 Å². The molecule has 0 radical (unpaired) electrons. The quantitative estimate of drug-likeness (QED) is 0.773. The summed E-state index contributed by atoms with van der Waals surface area (Å²) in [4.78, 5) is 11.5. The van der Waals surface area contributed by atoms with Crippen LogP contribution in [0.25, 0.3) is 0 Å². The second-order valence-corrected chi connectivity index (χ2v) is 6.51. The summed E-state index contributed by atoms with van der Waals surface area (Å²) in [6, 6.07) is 5.81. The average molecular weight is 356 g/mol. The second-order valence-electron chi connectivity index (χ2n) is 4.80. The predicted molar refractivity (Wildman–Crippen MR) is 90.8 cm³/mol. The van der Waals surface area contributed by atoms with Crippen LogP contribution >= 0.6 is 22.9 Å². The number of benzene rings is 1. The third kappa shape index (κ3) is 4.80. The van der Waals surface area contributed by atoms with Crippen molar-refractivity contribution >= 4 is 34.0 Å². The largest absolute Gasteiger partial charge is 0.493 e. The van der Waals surface area contributed by atoms with Gasteiger partial charge in [-0.05, 0) is 31.0 Å². The Morgan fingerprint density at radius 3 is 2.65 bits per heavy atom. The van der Waals surface area contributed by atoms with Crippen LogP contribution in [0.2, 0.25) is 0 Å². The van der Waals surface area contributed by atoms with Crippen molar-refractivity contribution < 1.29 is 14.3 Å². The number of hydrogen-bond acceptors (Lipinski definition) is 6. The molecule has 1 N–H and O–H groups in total. The van der Waals surface area contributed by atoms with Gasteiger partial charge in [-0.3, -0.25) is 10.1 Å². The average Bonchev–Trinajstić information content (AvgIpc) is 2.99. The molecular formula is C15H18ClN3O3S. The van der Waals surface area contributed by atoms with Gasteiger partial charge in [0.1, 0.15) is 10.4 Å². The lowest BCUT2D eigenvalue weighted by Crippen LogP contribution is -2.20. The summed E-state index contributed by atoms with van der Waals surface area (Å²) in [7, 11) is 3.22. The maximum Gasteiger partial charge on any atom is 0.243 e. The lowest BCUT2D eigenvalue weighted by atomic mass is 10.1. The molecule has 1 atom stereocenters. The molecule has 0 saturated carbocycles. The minimum Gasteiger partial charge on any atom is -0.493 e. The number of nitrogens with zero attached hydrogens (tertiary/aromatic N) is 2. The van der Waals surface area contributed by atoms with Gasteiger partial charge in [-0.15, -0.1) is 21.8 Å². The standard InChI is InChI=1S/C15H18ClN3O3S/c1-9(16)14(20)17-15-19-18-13(23-15)7-5-10-4-6-11(21-2)12(8-10)22-3/h4,6,8-9H,5,7H2,1-3H3,(H,17,19,20). The Bertz CT molecular complexity index is 676. The number of carbonyl (C=O) groups is 1. The molecule has 0 aliphatic carbocycles. The zero-order valence-corrected chi connectivity index (χ0v) is 14.7. The van der Waals surface area contributed by atoms with E-state index in [2.05, 4.69) is 15.5 Å². The van der Waals surface area contributed by atoms with Gasteiger partial charge in [0.05, 0.1) is 14.2 Å². The van der Waals surface area contributed by atoms with E-state index in [4.69, 9.17) is 21.1 Å². The lowest BCUT2D eigenvalue weighted by Gasteiger charge is -2.08. The molecule has 0 saturated heterocycles. The van der Waals surface area contributed by atoms with E-state index in [-0.39, 0.29) is 5.91 Å². The zero-order valence-electron chi connectivity index (χ0n) is 13.1. The van der Waals surface area contributed by atoms with Crippen LogP contribution in [0.1, 0.15) is 17.5 Å². The summed E-state index contributed by atoms with van der Waals surface area (Å²) in [5.74, 6) is 1.12. The number of methoxy groups -OCH3 is 2. The van der Waals surface area contributed by atoms with Crippen LogP contribution in [-0.2, 0) is 17.6 Å². The van der Waals surface area contributed by atoms with Crippen molar-refractivity contribution in [2.45, 2.75) is 25.1 Å². The fourth-order valence-electron chi connectivity index (χ4n) is 1.90. The molecule has 8 heteroatoms. The van der Waals surface area contributed by atoms with Gasteiger partial charge in [0.25, 0.3) is 0 Å². The van der Waals surface area contributed by atoms with Crippen LogP contribution in [0.3, 0.4) is 0 Å². The minimum absolute atomic E-state index is 0.283. The van der Waals surface area contributed by atoms with Crippen LogP contribution in [0.15, 0.2) is 18.2 Å². The fraction of sp³-hybridized carbons (Fsp3) is 0.400. The molecule has 0 spiro atoms. The smallest absolute Gasteiger partial charge is 0.243 e. The van der Waals surface area contributed by atoms with Crippen molar-refractivity contribution in [1.82, 2.24) is 10.2 Å². The molecule has 0 aliphatic heterocycles. The van der Waals surface area contributed by atoms with Gasteiger partial charge in [0.15, 0.2) is 11.5 Å². The number of alkyl halides is 1. The summed E-state index contributed by atoms with van der Waals surface area (Å²) in [6.07, 6.45) is 1.51. The number of ether oxygens (including phenoxy) is 2. The molecule has 0 aliphatic rings. The molecule has 2 rings (SSSR count). The second kappa shape index (κ2) is 8.12. The molecule has 124 valence electrons. The van der Waals surface area contributed by atoms with Crippen LogP contribution in [0, 0.1) is 0 Å². The number of aromatic nitrogens is 2. The van der Waals surface area contributed by atoms with E-state index in [1.807, 2.05) is 18.2 Å². The Kier molecular flexibility index (Phi) is 6.18. The molecule has 1 aromatic carbocycles. The van der Waals surface area contributed by atoms with Crippen LogP contribution in [0.4, 0.5) is 5.13 Å². The minimum atomic E-state index is -0.603. The first-order chi connectivity index (χ1) is 11.0. The number of amides is 1. The first-order valence-corrected chi connectivity index (χ1v) is 8.27. The van der Waals surface area contributed by atoms with Crippen molar-refractivity contribution in [2.75, 3.05) is 19.5 Å². The highest BCUT2D eigenvalue weighted by molar-refractivity contribution is 7.15. The summed E-state index contributed by atoms with van der Waals surface area (Å²) in [5.41, 5.74) is 1.11. The molecule has 6 nitrogen and oxygen atoms in total. The van der Waals surface area contributed by atoms with Gasteiger partial charge in [-0.1, -0.05) is 17.4 Å². The van der Waals surface area contributed by atoms with E-state index >= 15 is 0 Å². The van der Waals surface area contributed by atoms with E-state index in [0.717, 1.165) is 23.4 Å². The van der Waals surface area contributed by atoms with Crippen molar-refractivity contribution in [3.8, 4) is 11.5 Å². The number of aryl methyl sites for hydroxylation is 2. The highest BCUT2D eigenvalue weighted by Gasteiger charge is 2.13. The monoisotopic (exact) mass is 355 g/mol. The number of hydrogen-bond donors (Lipinski definition) is 1. The lowest BCUT2D eigenvalue weighted by molar-refractivity contribution is -0.115. The predicted octanol–water partition coefficient (Wildman–Crippen LogP) is 2.91. The molecule has 23 heavy (non-hydrogen) atoms. The SMILES string of the molecule is COc1ccc(CCc2nnc(NC(=O)C(C)Cl)s2)cc1OC. The normalized spacial score (nSPS) is 11.8. The maximum absolute atomic E-state index is 11.5. The molecule has 1 heterocycles. The molecule has 0 bridgehead atoms. The summed E-state index contributed by atoms with van der Waals surface area (Å²) >= 11 is 7.05. The van der Waals surface area contributed by atoms with Crippen molar-refractivity contribution in [1.29, 1.82) is 0 Å². The molecular weight excluding hydrogens is 338 g/mol. The topological polar surface area (TPSA) is 73.3 Å². The Morgan fingerprint density at radius 2 is 2.00 bits per heavy atom. The van der Waals surface area contributed by atoms with Gasteiger partial charge in [0.2, 0.25) is 11.0 Å². The van der Waals surface area contributed by atoms with Gasteiger partial charge in [-0.25, -0.2) is 0 Å². The number of carbonyl (C=O) groups excluding carboxylic acids is 1. The highest BCUT2D eigenvalue weighted by Crippen LogP contribution is 2.28. The van der Waals surface area contributed by atoms with Gasteiger partial charge < -0.3 is 9.47 Å². The van der Waals surface area contributed by atoms with Crippen LogP contribution in [-0.4, -0.2) is 35.7 Å². The Morgan fingerprint density at radius 1 is 1.26 bits per heavy atom. The number of rotatable bonds is 7. The molecule has 2 aromatic rings.